The summed E-state index contributed by atoms with van der Waals surface area (Å²) in [5.74, 6) is 0.150. The maximum absolute atomic E-state index is 2.65. The van der Waals surface area contributed by atoms with Crippen LogP contribution < -0.4 is 4.90 Å². The van der Waals surface area contributed by atoms with Crippen molar-refractivity contribution < 1.29 is 0 Å². The molecule has 2 aromatic heterocycles. The third-order valence-corrected chi connectivity index (χ3v) is 16.3. The van der Waals surface area contributed by atoms with E-state index in [1.807, 2.05) is 0 Å². The molecule has 3 heterocycles. The van der Waals surface area contributed by atoms with E-state index in [2.05, 4.69) is 277 Å². The van der Waals surface area contributed by atoms with E-state index in [1.54, 1.807) is 0 Å². The Balaban J connectivity index is 0.915. The van der Waals surface area contributed by atoms with Gasteiger partial charge in [0.1, 0.15) is 0 Å². The molecule has 0 spiro atoms. The summed E-state index contributed by atoms with van der Waals surface area (Å²) < 4.78 is 4.80. The summed E-state index contributed by atoms with van der Waals surface area (Å²) in [4.78, 5) is 2.65. The summed E-state index contributed by atoms with van der Waals surface area (Å²) >= 11 is 0. The van der Waals surface area contributed by atoms with Gasteiger partial charge in [0.15, 0.2) is 0 Å². The molecular formula is C69H49N3. The summed E-state index contributed by atoms with van der Waals surface area (Å²) in [6.07, 6.45) is 7.49. The second-order valence-electron chi connectivity index (χ2n) is 20.5. The smallest absolute Gasteiger partial charge is 0.0597 e. The van der Waals surface area contributed by atoms with Gasteiger partial charge in [-0.3, -0.25) is 0 Å². The van der Waals surface area contributed by atoms with E-state index in [4.69, 9.17) is 0 Å². The lowest BCUT2D eigenvalue weighted by atomic mass is 9.64. The van der Waals surface area contributed by atoms with Crippen LogP contribution in [0.1, 0.15) is 25.0 Å². The number of allylic oxidation sites excluding steroid dienone is 2. The summed E-state index contributed by atoms with van der Waals surface area (Å²) in [6.45, 7) is 4.95. The molecular weight excluding hydrogens is 871 g/mol. The van der Waals surface area contributed by atoms with E-state index in [0.29, 0.717) is 0 Å². The van der Waals surface area contributed by atoms with Gasteiger partial charge in [-0.05, 0) is 145 Å². The maximum atomic E-state index is 2.65. The molecule has 0 fully saturated rings. The van der Waals surface area contributed by atoms with E-state index in [-0.39, 0.29) is 17.4 Å². The number of rotatable bonds is 5. The minimum absolute atomic E-state index is 0.0791. The highest BCUT2D eigenvalue weighted by Crippen LogP contribution is 2.54. The molecule has 2 aliphatic rings. The number of anilines is 2. The average Bonchev–Trinajstić information content (AvgIpc) is 3.96. The van der Waals surface area contributed by atoms with Gasteiger partial charge >= 0.3 is 0 Å². The van der Waals surface area contributed by atoms with Crippen LogP contribution >= 0.6 is 0 Å². The Hall–Kier alpha value is -8.92. The van der Waals surface area contributed by atoms with E-state index >= 15 is 0 Å². The number of hydrogen-bond acceptors (Lipinski definition) is 1. The number of fused-ring (bicyclic) bond motifs is 14. The Kier molecular flexibility index (Phi) is 8.83. The molecule has 3 heteroatoms. The van der Waals surface area contributed by atoms with E-state index in [9.17, 15) is 0 Å². The van der Waals surface area contributed by atoms with Crippen molar-refractivity contribution >= 4 is 92.9 Å². The van der Waals surface area contributed by atoms with Crippen LogP contribution in [0, 0.1) is 5.92 Å². The minimum Gasteiger partial charge on any atom is -0.334 e. The molecule has 0 bridgehead atoms. The molecule has 2 unspecified atom stereocenters. The monoisotopic (exact) mass is 919 g/mol. The topological polar surface area (TPSA) is 13.1 Å². The Morgan fingerprint density at radius 1 is 0.347 bits per heavy atom. The molecule has 0 saturated heterocycles. The SMILES string of the molecule is CC1(C)c2cc(-c3ccc4c(c3)c3ccccc3n4-c3ccccc3)ccc2N(c2ccc3c4ccccc4c4ccccc4c3c2)C2C=CC(c3ccc4c(c3)c3ccccc3n4-c3ccccc3)=CC21. The molecule has 340 valence electrons. The van der Waals surface area contributed by atoms with Crippen molar-refractivity contribution in [2.45, 2.75) is 25.3 Å². The van der Waals surface area contributed by atoms with E-state index < -0.39 is 0 Å². The lowest BCUT2D eigenvalue weighted by Crippen LogP contribution is -2.50. The first-order chi connectivity index (χ1) is 35.5. The van der Waals surface area contributed by atoms with E-state index in [1.165, 1.54) is 127 Å². The Morgan fingerprint density at radius 3 is 1.40 bits per heavy atom. The summed E-state index contributed by atoms with van der Waals surface area (Å²) in [5.41, 5.74) is 15.7. The first-order valence-electron chi connectivity index (χ1n) is 25.3. The molecule has 15 rings (SSSR count). The van der Waals surface area contributed by atoms with Crippen LogP contribution in [0.15, 0.2) is 249 Å². The fraction of sp³-hybridized carbons (Fsp3) is 0.0725. The van der Waals surface area contributed by atoms with Crippen LogP contribution in [-0.2, 0) is 5.41 Å². The van der Waals surface area contributed by atoms with Gasteiger partial charge in [0.2, 0.25) is 0 Å². The second kappa shape index (κ2) is 15.5. The molecule has 2 atom stereocenters. The van der Waals surface area contributed by atoms with Crippen molar-refractivity contribution in [3.05, 3.63) is 260 Å². The summed E-state index contributed by atoms with van der Waals surface area (Å²) in [5, 5.41) is 12.8. The van der Waals surface area contributed by atoms with Crippen molar-refractivity contribution in [1.82, 2.24) is 9.13 Å². The van der Waals surface area contributed by atoms with E-state index in [0.717, 1.165) is 0 Å². The van der Waals surface area contributed by atoms with Crippen LogP contribution in [0.5, 0.6) is 0 Å². The lowest BCUT2D eigenvalue weighted by Gasteiger charge is -2.51. The molecule has 11 aromatic carbocycles. The molecule has 72 heavy (non-hydrogen) atoms. The van der Waals surface area contributed by atoms with Gasteiger partial charge in [-0.25, -0.2) is 0 Å². The number of hydrogen-bond donors (Lipinski definition) is 0. The highest BCUT2D eigenvalue weighted by Gasteiger charge is 2.46. The molecule has 13 aromatic rings. The largest absolute Gasteiger partial charge is 0.334 e. The minimum atomic E-state index is -0.233. The van der Waals surface area contributed by atoms with Gasteiger partial charge in [-0.2, -0.15) is 0 Å². The number of para-hydroxylation sites is 4. The Morgan fingerprint density at radius 2 is 0.806 bits per heavy atom. The van der Waals surface area contributed by atoms with Gasteiger partial charge in [-0.1, -0.05) is 178 Å². The molecule has 1 aliphatic heterocycles. The van der Waals surface area contributed by atoms with Crippen LogP contribution in [0.4, 0.5) is 11.4 Å². The standard InChI is InChI=1S/C69H49N3/c1-69(2)61-41-46(44-29-35-65-59(39-44)56-25-13-15-27-63(56)70(65)48-17-5-3-6-18-48)31-37-67(61)72(50-33-34-55-53-23-10-9-21-51(53)52-22-11-12-24-54(52)58(55)43-50)68-38-32-47(42-62(68)69)45-30-36-66-60(40-45)57-26-14-16-28-64(57)71(66)49-19-7-4-8-20-49/h3-43,61,67H,1-2H3. The number of benzene rings is 11. The quantitative estimate of drug-likeness (QED) is 0.157. The normalized spacial score (nSPS) is 16.3. The van der Waals surface area contributed by atoms with Crippen molar-refractivity contribution in [3.63, 3.8) is 0 Å². The van der Waals surface area contributed by atoms with Crippen LogP contribution in [0.25, 0.3) is 104 Å². The van der Waals surface area contributed by atoms with Crippen molar-refractivity contribution in [2.75, 3.05) is 4.90 Å². The van der Waals surface area contributed by atoms with Crippen LogP contribution in [0.3, 0.4) is 0 Å². The molecule has 0 radical (unpaired) electrons. The van der Waals surface area contributed by atoms with Gasteiger partial charge in [0, 0.05) is 55.6 Å². The molecule has 3 nitrogen and oxygen atoms in total. The zero-order valence-corrected chi connectivity index (χ0v) is 40.2. The first kappa shape index (κ1) is 40.9. The molecule has 0 saturated carbocycles. The van der Waals surface area contributed by atoms with Gasteiger partial charge in [-0.15, -0.1) is 0 Å². The fourth-order valence-corrected chi connectivity index (χ4v) is 12.9. The van der Waals surface area contributed by atoms with Crippen LogP contribution in [-0.4, -0.2) is 15.2 Å². The number of aromatic nitrogens is 2. The fourth-order valence-electron chi connectivity index (χ4n) is 12.9. The molecule has 1 aliphatic carbocycles. The van der Waals surface area contributed by atoms with Gasteiger partial charge in [0.05, 0.1) is 28.1 Å². The predicted molar refractivity (Wildman–Crippen MR) is 306 cm³/mol. The zero-order valence-electron chi connectivity index (χ0n) is 40.2. The van der Waals surface area contributed by atoms with Crippen LogP contribution in [0.2, 0.25) is 0 Å². The highest BCUT2D eigenvalue weighted by molar-refractivity contribution is 6.26. The molecule has 0 amide bonds. The third-order valence-electron chi connectivity index (χ3n) is 16.3. The lowest BCUT2D eigenvalue weighted by molar-refractivity contribution is 0.333. The Bertz CT molecular complexity index is 4400. The average molecular weight is 920 g/mol. The third kappa shape index (κ3) is 5.98. The van der Waals surface area contributed by atoms with Gasteiger partial charge in [0.25, 0.3) is 0 Å². The highest BCUT2D eigenvalue weighted by atomic mass is 15.2. The van der Waals surface area contributed by atoms with Crippen molar-refractivity contribution in [3.8, 4) is 22.5 Å². The number of nitrogens with zero attached hydrogens (tertiary/aromatic N) is 3. The maximum Gasteiger partial charge on any atom is 0.0597 e. The second-order valence-corrected chi connectivity index (χ2v) is 20.5. The first-order valence-corrected chi connectivity index (χ1v) is 25.3. The van der Waals surface area contributed by atoms with Gasteiger partial charge < -0.3 is 14.0 Å². The summed E-state index contributed by atoms with van der Waals surface area (Å²) in [7, 11) is 0. The zero-order chi connectivity index (χ0) is 47.7. The summed E-state index contributed by atoms with van der Waals surface area (Å²) in [6, 6.07) is 85.7. The van der Waals surface area contributed by atoms with Crippen molar-refractivity contribution in [2.24, 2.45) is 5.92 Å². The Labute approximate surface area is 418 Å². The predicted octanol–water partition coefficient (Wildman–Crippen LogP) is 18.1. The molecule has 0 N–H and O–H groups in total. The van der Waals surface area contributed by atoms with Crippen molar-refractivity contribution in [1.29, 1.82) is 0 Å².